The maximum Gasteiger partial charge on any atom is 0.125 e. The Balaban J connectivity index is 1.60. The topological polar surface area (TPSA) is 78.2 Å². The van der Waals surface area contributed by atoms with Crippen LogP contribution in [0.4, 0.5) is 11.4 Å². The molecule has 0 aliphatic heterocycles. The third kappa shape index (κ3) is 5.99. The molecule has 0 amide bonds. The van der Waals surface area contributed by atoms with Gasteiger partial charge in [0.05, 0.1) is 56.1 Å². The highest BCUT2D eigenvalue weighted by molar-refractivity contribution is 5.83. The van der Waals surface area contributed by atoms with Gasteiger partial charge in [-0.1, -0.05) is 11.8 Å². The second-order valence-electron chi connectivity index (χ2n) is 8.93. The van der Waals surface area contributed by atoms with Gasteiger partial charge in [0.15, 0.2) is 0 Å². The van der Waals surface area contributed by atoms with Gasteiger partial charge in [-0.2, -0.15) is 5.10 Å². The summed E-state index contributed by atoms with van der Waals surface area (Å²) in [5.74, 6) is 6.36. The van der Waals surface area contributed by atoms with Crippen LogP contribution in [-0.2, 0) is 0 Å². The maximum atomic E-state index is 7.90. The van der Waals surface area contributed by atoms with E-state index in [1.165, 1.54) is 13.0 Å². The summed E-state index contributed by atoms with van der Waals surface area (Å²) in [6, 6.07) is 13.9. The zero-order valence-corrected chi connectivity index (χ0v) is 21.8. The fourth-order valence-electron chi connectivity index (χ4n) is 4.00. The first-order chi connectivity index (χ1) is 20.8. The first-order valence-corrected chi connectivity index (χ1v) is 12.3. The van der Waals surface area contributed by atoms with Crippen LogP contribution in [0.2, 0.25) is 0 Å². The van der Waals surface area contributed by atoms with Crippen LogP contribution < -0.4 is 14.4 Å². The minimum absolute atomic E-state index is 0.0149. The fraction of sp³-hybridized carbons (Fsp3) is 0.226. The quantitative estimate of drug-likeness (QED) is 0.229. The Labute approximate surface area is 235 Å². The van der Waals surface area contributed by atoms with Crippen molar-refractivity contribution in [1.82, 2.24) is 24.7 Å². The highest BCUT2D eigenvalue weighted by Gasteiger charge is 2.14. The lowest BCUT2D eigenvalue weighted by molar-refractivity contribution is 0.336. The number of fused-ring (bicyclic) bond motifs is 1. The Hall–Kier alpha value is -4.90. The summed E-state index contributed by atoms with van der Waals surface area (Å²) in [5, 5.41) is 4.41. The first kappa shape index (κ1) is 20.1. The number of rotatable bonds is 8. The zero-order chi connectivity index (χ0) is 31.5. The van der Waals surface area contributed by atoms with Crippen LogP contribution in [0.15, 0.2) is 79.5 Å². The van der Waals surface area contributed by atoms with E-state index in [-0.39, 0.29) is 24.1 Å². The molecule has 0 N–H and O–H groups in total. The number of hydrogen-bond donors (Lipinski definition) is 0. The highest BCUT2D eigenvalue weighted by Crippen LogP contribution is 2.34. The van der Waals surface area contributed by atoms with Crippen molar-refractivity contribution < 1.29 is 16.3 Å². The molecule has 0 radical (unpaired) electrons. The van der Waals surface area contributed by atoms with Crippen LogP contribution >= 0.6 is 0 Å². The maximum absolute atomic E-state index is 7.90. The van der Waals surface area contributed by atoms with Crippen LogP contribution in [0.1, 0.15) is 39.2 Å². The molecule has 8 nitrogen and oxygen atoms in total. The number of hydrogen-bond acceptors (Lipinski definition) is 7. The average Bonchev–Trinajstić information content (AvgIpc) is 3.44. The van der Waals surface area contributed by atoms with E-state index in [1.807, 2.05) is 47.8 Å². The number of methoxy groups -OCH3 is 1. The van der Waals surface area contributed by atoms with Gasteiger partial charge in [-0.15, -0.1) is 0 Å². The van der Waals surface area contributed by atoms with Gasteiger partial charge in [0, 0.05) is 65.3 Å². The largest absolute Gasteiger partial charge is 0.497 e. The molecule has 0 atom stereocenters. The Bertz CT molecular complexity index is 1790. The van der Waals surface area contributed by atoms with Crippen molar-refractivity contribution in [2.24, 2.45) is 0 Å². The van der Waals surface area contributed by atoms with E-state index < -0.39 is 13.6 Å². The molecule has 0 spiro atoms. The molecule has 2 aromatic carbocycles. The predicted molar refractivity (Wildman–Crippen MR) is 153 cm³/mol. The van der Waals surface area contributed by atoms with Crippen molar-refractivity contribution in [3.8, 4) is 34.6 Å². The molecule has 3 aromatic heterocycles. The van der Waals surface area contributed by atoms with Crippen LogP contribution in [0, 0.1) is 11.8 Å². The number of nitrogens with zero attached hydrogens (tertiary/aromatic N) is 6. The van der Waals surface area contributed by atoms with Crippen molar-refractivity contribution in [2.45, 2.75) is 26.8 Å². The Morgan fingerprint density at radius 1 is 1.03 bits per heavy atom. The zero-order valence-electron chi connectivity index (χ0n) is 26.8. The van der Waals surface area contributed by atoms with E-state index in [9.17, 15) is 0 Å². The summed E-state index contributed by atoms with van der Waals surface area (Å²) >= 11 is 0. The summed E-state index contributed by atoms with van der Waals surface area (Å²) in [7, 11) is -2.73. The summed E-state index contributed by atoms with van der Waals surface area (Å²) in [4.78, 5) is 15.3. The van der Waals surface area contributed by atoms with Gasteiger partial charge in [-0.3, -0.25) is 14.6 Å². The third-order valence-electron chi connectivity index (χ3n) is 5.93. The van der Waals surface area contributed by atoms with E-state index >= 15 is 0 Å². The van der Waals surface area contributed by atoms with Crippen molar-refractivity contribution in [3.05, 3.63) is 85.1 Å². The Morgan fingerprint density at radius 3 is 2.64 bits per heavy atom. The molecule has 39 heavy (non-hydrogen) atoms. The molecule has 3 heterocycles. The van der Waals surface area contributed by atoms with E-state index in [2.05, 4.69) is 26.9 Å². The van der Waals surface area contributed by atoms with Gasteiger partial charge >= 0.3 is 0 Å². The molecule has 0 unspecified atom stereocenters. The Kier molecular flexibility index (Phi) is 6.01. The standard InChI is InChI=1S/C31H30N6O2/c1-5-39-28-16-26(15-27(18-28)38-4)36(14-6-7-23-10-12-32-13-11-23)25-8-9-29-30(17-25)35-31(20-33-29)24-19-34-37(21-24)22(2)3/h8-13,15-22H,5,14H2,1-4H3/i4D3,5D2. The summed E-state index contributed by atoms with van der Waals surface area (Å²) in [6.07, 6.45) is 8.70. The van der Waals surface area contributed by atoms with Gasteiger partial charge in [0.1, 0.15) is 11.5 Å². The van der Waals surface area contributed by atoms with E-state index in [4.69, 9.17) is 21.3 Å². The number of pyridine rings is 1. The molecule has 0 aliphatic carbocycles. The van der Waals surface area contributed by atoms with Crippen molar-refractivity contribution >= 4 is 22.4 Å². The van der Waals surface area contributed by atoms with Gasteiger partial charge < -0.3 is 14.4 Å². The van der Waals surface area contributed by atoms with Crippen molar-refractivity contribution in [1.29, 1.82) is 0 Å². The van der Waals surface area contributed by atoms with Crippen molar-refractivity contribution in [2.75, 3.05) is 25.0 Å². The number of benzene rings is 2. The molecule has 0 aliphatic rings. The minimum Gasteiger partial charge on any atom is -0.497 e. The van der Waals surface area contributed by atoms with Crippen LogP contribution in [0.3, 0.4) is 0 Å². The Morgan fingerprint density at radius 2 is 1.87 bits per heavy atom. The molecule has 0 saturated carbocycles. The van der Waals surface area contributed by atoms with Gasteiger partial charge in [0.25, 0.3) is 0 Å². The lowest BCUT2D eigenvalue weighted by Gasteiger charge is -2.24. The highest BCUT2D eigenvalue weighted by atomic mass is 16.5. The molecule has 0 saturated heterocycles. The lowest BCUT2D eigenvalue weighted by Crippen LogP contribution is -2.17. The monoisotopic (exact) mass is 523 g/mol. The molecule has 8 heteroatoms. The molecule has 0 fully saturated rings. The van der Waals surface area contributed by atoms with Gasteiger partial charge in [-0.05, 0) is 51.1 Å². The van der Waals surface area contributed by atoms with Crippen LogP contribution in [0.25, 0.3) is 22.3 Å². The first-order valence-electron chi connectivity index (χ1n) is 14.8. The summed E-state index contributed by atoms with van der Waals surface area (Å²) in [6.45, 7) is 3.50. The number of ether oxygens (including phenoxy) is 2. The minimum atomic E-state index is -2.73. The van der Waals surface area contributed by atoms with Crippen LogP contribution in [-0.4, -0.2) is 44.9 Å². The predicted octanol–water partition coefficient (Wildman–Crippen LogP) is 6.07. The third-order valence-corrected chi connectivity index (χ3v) is 5.93. The molecular weight excluding hydrogens is 488 g/mol. The van der Waals surface area contributed by atoms with E-state index in [1.54, 1.807) is 49.1 Å². The second-order valence-corrected chi connectivity index (χ2v) is 8.93. The average molecular weight is 524 g/mol. The molecule has 0 bridgehead atoms. The molecular formula is C31H30N6O2. The number of anilines is 2. The van der Waals surface area contributed by atoms with E-state index in [0.717, 1.165) is 11.1 Å². The SMILES string of the molecule is [2H]C([2H])([2H])Oc1cc(OC([2H])([2H])C)cc(N(CC#Cc2ccncc2)c2ccc3ncc(-c4cnn(C(C)C)c4)nc3c2)c1. The molecule has 196 valence electrons. The van der Waals surface area contributed by atoms with Gasteiger partial charge in [-0.25, -0.2) is 4.98 Å². The van der Waals surface area contributed by atoms with Gasteiger partial charge in [0.2, 0.25) is 0 Å². The van der Waals surface area contributed by atoms with Crippen molar-refractivity contribution in [3.63, 3.8) is 0 Å². The van der Waals surface area contributed by atoms with Crippen LogP contribution in [0.5, 0.6) is 11.5 Å². The normalized spacial score (nSPS) is 13.4. The number of aromatic nitrogens is 5. The van der Waals surface area contributed by atoms with E-state index in [0.29, 0.717) is 28.1 Å². The summed E-state index contributed by atoms with van der Waals surface area (Å²) < 4.78 is 51.2. The smallest absolute Gasteiger partial charge is 0.125 e. The lowest BCUT2D eigenvalue weighted by atomic mass is 10.2. The molecule has 5 aromatic rings. The molecule has 5 rings (SSSR count). The fourth-order valence-corrected chi connectivity index (χ4v) is 4.00. The second kappa shape index (κ2) is 11.7. The summed E-state index contributed by atoms with van der Waals surface area (Å²) in [5.41, 5.74) is 4.74.